The summed E-state index contributed by atoms with van der Waals surface area (Å²) in [6.07, 6.45) is 4.23. The quantitative estimate of drug-likeness (QED) is 0.877. The molecule has 2 aliphatic heterocycles. The lowest BCUT2D eigenvalue weighted by Gasteiger charge is -2.34. The van der Waals surface area contributed by atoms with Crippen molar-refractivity contribution in [1.82, 2.24) is 10.6 Å². The highest BCUT2D eigenvalue weighted by Gasteiger charge is 2.54. The van der Waals surface area contributed by atoms with Gasteiger partial charge in [0.25, 0.3) is 0 Å². The van der Waals surface area contributed by atoms with E-state index in [-0.39, 0.29) is 23.7 Å². The van der Waals surface area contributed by atoms with Gasteiger partial charge in [-0.25, -0.2) is 0 Å². The van der Waals surface area contributed by atoms with Crippen LogP contribution >= 0.6 is 24.0 Å². The van der Waals surface area contributed by atoms with Gasteiger partial charge in [-0.15, -0.1) is 12.4 Å². The Labute approximate surface area is 143 Å². The van der Waals surface area contributed by atoms with E-state index in [0.717, 1.165) is 35.4 Å². The third kappa shape index (κ3) is 2.86. The molecule has 0 radical (unpaired) electrons. The van der Waals surface area contributed by atoms with E-state index in [1.165, 1.54) is 6.42 Å². The van der Waals surface area contributed by atoms with E-state index in [9.17, 15) is 4.79 Å². The van der Waals surface area contributed by atoms with Gasteiger partial charge in [0.2, 0.25) is 5.91 Å². The number of carbonyl (C=O) groups is 1. The maximum absolute atomic E-state index is 12.8. The summed E-state index contributed by atoms with van der Waals surface area (Å²) >= 11 is 6.14. The third-order valence-corrected chi connectivity index (χ3v) is 5.83. The molecule has 0 aliphatic carbocycles. The topological polar surface area (TPSA) is 41.1 Å². The predicted molar refractivity (Wildman–Crippen MR) is 92.6 cm³/mol. The van der Waals surface area contributed by atoms with Gasteiger partial charge in [0.15, 0.2) is 0 Å². The van der Waals surface area contributed by atoms with Crippen LogP contribution in [0, 0.1) is 12.3 Å². The summed E-state index contributed by atoms with van der Waals surface area (Å²) in [5.41, 5.74) is 1.93. The monoisotopic (exact) mass is 342 g/mol. The van der Waals surface area contributed by atoms with E-state index < -0.39 is 0 Å². The minimum Gasteiger partial charge on any atom is -0.351 e. The molecule has 3 atom stereocenters. The fourth-order valence-corrected chi connectivity index (χ4v) is 4.19. The highest BCUT2D eigenvalue weighted by molar-refractivity contribution is 6.31. The summed E-state index contributed by atoms with van der Waals surface area (Å²) in [5.74, 6) is 0.198. The predicted octanol–water partition coefficient (Wildman–Crippen LogP) is 3.61. The second-order valence-corrected chi connectivity index (χ2v) is 6.82. The number of halogens is 2. The van der Waals surface area contributed by atoms with Gasteiger partial charge < -0.3 is 10.6 Å². The van der Waals surface area contributed by atoms with Crippen molar-refractivity contribution in [1.29, 1.82) is 0 Å². The Kier molecular flexibility index (Phi) is 5.41. The molecule has 1 aromatic carbocycles. The molecule has 5 heteroatoms. The van der Waals surface area contributed by atoms with Crippen LogP contribution in [0.4, 0.5) is 0 Å². The molecule has 0 saturated carbocycles. The number of nitrogens with one attached hydrogen (secondary N) is 2. The van der Waals surface area contributed by atoms with Crippen LogP contribution in [-0.2, 0) is 11.3 Å². The Morgan fingerprint density at radius 2 is 2.23 bits per heavy atom. The lowest BCUT2D eigenvalue weighted by Crippen LogP contribution is -2.48. The lowest BCUT2D eigenvalue weighted by molar-refractivity contribution is -0.132. The standard InChI is InChI=1S/C17H23ClN2O.ClH/c1-3-17(9-13-7-8-15(17)20-13)16(21)19-10-12-5-4-6-14(18)11(12)2;/h4-6,13,15,20H,3,7-10H2,1-2H3,(H,19,21);1H/t13-,15+,17+;/m0./s1. The van der Waals surface area contributed by atoms with Gasteiger partial charge in [0, 0.05) is 23.7 Å². The van der Waals surface area contributed by atoms with Gasteiger partial charge >= 0.3 is 0 Å². The molecule has 2 heterocycles. The smallest absolute Gasteiger partial charge is 0.228 e. The number of carbonyl (C=O) groups excluding carboxylic acids is 1. The molecule has 3 rings (SSSR count). The molecular weight excluding hydrogens is 319 g/mol. The van der Waals surface area contributed by atoms with Crippen LogP contribution in [0.25, 0.3) is 0 Å². The molecule has 22 heavy (non-hydrogen) atoms. The number of hydrogen-bond donors (Lipinski definition) is 2. The van der Waals surface area contributed by atoms with Crippen LogP contribution in [0.1, 0.15) is 43.7 Å². The maximum atomic E-state index is 12.8. The second-order valence-electron chi connectivity index (χ2n) is 6.41. The summed E-state index contributed by atoms with van der Waals surface area (Å²) in [4.78, 5) is 12.8. The van der Waals surface area contributed by atoms with Crippen molar-refractivity contribution in [2.75, 3.05) is 0 Å². The molecule has 0 aromatic heterocycles. The first-order chi connectivity index (χ1) is 10.1. The summed E-state index contributed by atoms with van der Waals surface area (Å²) in [6, 6.07) is 6.74. The molecule has 1 amide bonds. The van der Waals surface area contributed by atoms with Crippen molar-refractivity contribution in [3.63, 3.8) is 0 Å². The van der Waals surface area contributed by atoms with Crippen molar-refractivity contribution in [2.24, 2.45) is 5.41 Å². The van der Waals surface area contributed by atoms with Crippen LogP contribution in [0.5, 0.6) is 0 Å². The van der Waals surface area contributed by atoms with Gasteiger partial charge in [-0.3, -0.25) is 4.79 Å². The highest BCUT2D eigenvalue weighted by atomic mass is 35.5. The van der Waals surface area contributed by atoms with Crippen LogP contribution in [0.3, 0.4) is 0 Å². The van der Waals surface area contributed by atoms with Crippen molar-refractivity contribution >= 4 is 29.9 Å². The van der Waals surface area contributed by atoms with Crippen molar-refractivity contribution in [3.05, 3.63) is 34.3 Å². The van der Waals surface area contributed by atoms with Gasteiger partial charge in [0.1, 0.15) is 0 Å². The first kappa shape index (κ1) is 17.6. The van der Waals surface area contributed by atoms with Crippen molar-refractivity contribution in [3.8, 4) is 0 Å². The van der Waals surface area contributed by atoms with Crippen LogP contribution < -0.4 is 10.6 Å². The van der Waals surface area contributed by atoms with Crippen LogP contribution in [0.15, 0.2) is 18.2 Å². The molecule has 3 nitrogen and oxygen atoms in total. The second kappa shape index (κ2) is 6.77. The van der Waals surface area contributed by atoms with Crippen LogP contribution in [0.2, 0.25) is 5.02 Å². The van der Waals surface area contributed by atoms with Gasteiger partial charge in [0.05, 0.1) is 5.41 Å². The van der Waals surface area contributed by atoms with Gasteiger partial charge in [-0.2, -0.15) is 0 Å². The van der Waals surface area contributed by atoms with E-state index in [1.807, 2.05) is 25.1 Å². The van der Waals surface area contributed by atoms with Crippen LogP contribution in [-0.4, -0.2) is 18.0 Å². The lowest BCUT2D eigenvalue weighted by atomic mass is 9.71. The largest absolute Gasteiger partial charge is 0.351 e. The molecule has 2 bridgehead atoms. The summed E-state index contributed by atoms with van der Waals surface area (Å²) in [5, 5.41) is 7.49. The van der Waals surface area contributed by atoms with Crippen molar-refractivity contribution < 1.29 is 4.79 Å². The first-order valence-corrected chi connectivity index (χ1v) is 8.23. The Morgan fingerprint density at radius 3 is 2.82 bits per heavy atom. The molecule has 0 spiro atoms. The molecule has 2 N–H and O–H groups in total. The van der Waals surface area contributed by atoms with Crippen molar-refractivity contribution in [2.45, 2.75) is 58.2 Å². The van der Waals surface area contributed by atoms with E-state index in [0.29, 0.717) is 18.6 Å². The van der Waals surface area contributed by atoms with E-state index >= 15 is 0 Å². The van der Waals surface area contributed by atoms with E-state index in [1.54, 1.807) is 0 Å². The molecule has 0 unspecified atom stereocenters. The first-order valence-electron chi connectivity index (χ1n) is 7.85. The molecule has 1 aromatic rings. The molecular formula is C17H24Cl2N2O. The zero-order chi connectivity index (χ0) is 15.0. The number of hydrogen-bond acceptors (Lipinski definition) is 2. The molecule has 122 valence electrons. The fraction of sp³-hybridized carbons (Fsp3) is 0.588. The fourth-order valence-electron chi connectivity index (χ4n) is 4.00. The van der Waals surface area contributed by atoms with E-state index in [4.69, 9.17) is 11.6 Å². The molecule has 2 saturated heterocycles. The Morgan fingerprint density at radius 1 is 1.45 bits per heavy atom. The zero-order valence-electron chi connectivity index (χ0n) is 13.1. The average molecular weight is 343 g/mol. The normalized spacial score (nSPS) is 29.2. The minimum atomic E-state index is -0.213. The summed E-state index contributed by atoms with van der Waals surface area (Å²) in [7, 11) is 0. The Bertz CT molecular complexity index is 564. The summed E-state index contributed by atoms with van der Waals surface area (Å²) < 4.78 is 0. The summed E-state index contributed by atoms with van der Waals surface area (Å²) in [6.45, 7) is 4.69. The zero-order valence-corrected chi connectivity index (χ0v) is 14.7. The SMILES string of the molecule is CC[C@@]1(C(=O)NCc2cccc(Cl)c2C)C[C@@H]2CC[C@H]1N2.Cl. The Hall–Kier alpha value is -0.770. The third-order valence-electron chi connectivity index (χ3n) is 5.42. The number of rotatable bonds is 4. The number of fused-ring (bicyclic) bond motifs is 2. The molecule has 2 fully saturated rings. The van der Waals surface area contributed by atoms with E-state index in [2.05, 4.69) is 17.6 Å². The Balaban J connectivity index is 0.00000176. The average Bonchev–Trinajstić information content (AvgIpc) is 3.09. The van der Waals surface area contributed by atoms with Gasteiger partial charge in [-0.05, 0) is 49.8 Å². The highest BCUT2D eigenvalue weighted by Crippen LogP contribution is 2.45. The maximum Gasteiger partial charge on any atom is 0.228 e. The molecule has 2 aliphatic rings. The number of benzene rings is 1. The van der Waals surface area contributed by atoms with Gasteiger partial charge in [-0.1, -0.05) is 30.7 Å². The minimum absolute atomic E-state index is 0. The number of amides is 1.